The second-order valence-corrected chi connectivity index (χ2v) is 7.37. The molecule has 1 heteroatoms. The fraction of sp³-hybridized carbons (Fsp3) is 0.333. The van der Waals surface area contributed by atoms with Crippen LogP contribution in [0.25, 0.3) is 5.57 Å². The number of hydrogen-bond acceptors (Lipinski definition) is 1. The van der Waals surface area contributed by atoms with Crippen LogP contribution in [0.3, 0.4) is 0 Å². The van der Waals surface area contributed by atoms with Crippen LogP contribution in [0.4, 0.5) is 0 Å². The van der Waals surface area contributed by atoms with E-state index in [0.29, 0.717) is 5.92 Å². The second-order valence-electron chi connectivity index (χ2n) is 7.37. The molecule has 0 saturated heterocycles. The first-order chi connectivity index (χ1) is 12.0. The summed E-state index contributed by atoms with van der Waals surface area (Å²) >= 11 is 0. The molecule has 25 heavy (non-hydrogen) atoms. The molecule has 130 valence electrons. The lowest BCUT2D eigenvalue weighted by Gasteiger charge is -2.42. The molecular weight excluding hydrogens is 302 g/mol. The highest BCUT2D eigenvalue weighted by Gasteiger charge is 2.41. The highest BCUT2D eigenvalue weighted by molar-refractivity contribution is 5.75. The van der Waals surface area contributed by atoms with Gasteiger partial charge in [-0.15, -0.1) is 0 Å². The number of hydrogen-bond donors (Lipinski definition) is 1. The molecule has 0 aliphatic heterocycles. The summed E-state index contributed by atoms with van der Waals surface area (Å²) in [6, 6.07) is 10.8. The van der Waals surface area contributed by atoms with Crippen molar-refractivity contribution < 1.29 is 0 Å². The Morgan fingerprint density at radius 2 is 1.72 bits per heavy atom. The molecule has 1 aromatic rings. The molecule has 2 N–H and O–H groups in total. The van der Waals surface area contributed by atoms with E-state index in [4.69, 9.17) is 5.73 Å². The fourth-order valence-electron chi connectivity index (χ4n) is 4.19. The highest BCUT2D eigenvalue weighted by atomic mass is 14.6. The van der Waals surface area contributed by atoms with Gasteiger partial charge in [0, 0.05) is 17.0 Å². The van der Waals surface area contributed by atoms with E-state index in [1.54, 1.807) is 0 Å². The van der Waals surface area contributed by atoms with E-state index in [9.17, 15) is 0 Å². The Morgan fingerprint density at radius 1 is 1.08 bits per heavy atom. The van der Waals surface area contributed by atoms with E-state index in [1.807, 2.05) is 0 Å². The van der Waals surface area contributed by atoms with Crippen molar-refractivity contribution >= 4 is 5.57 Å². The third kappa shape index (κ3) is 2.93. The number of rotatable bonds is 4. The normalized spacial score (nSPS) is 25.5. The molecule has 0 aromatic heterocycles. The summed E-state index contributed by atoms with van der Waals surface area (Å²) < 4.78 is 0. The van der Waals surface area contributed by atoms with Gasteiger partial charge in [0.05, 0.1) is 0 Å². The molecular formula is C24H29N. The smallest absolute Gasteiger partial charge is 0.0342 e. The number of benzene rings is 1. The third-order valence-electron chi connectivity index (χ3n) is 5.89. The van der Waals surface area contributed by atoms with Crippen LogP contribution in [0.1, 0.15) is 46.1 Å². The van der Waals surface area contributed by atoms with Crippen LogP contribution in [0.5, 0.6) is 0 Å². The minimum atomic E-state index is -0.104. The highest BCUT2D eigenvalue weighted by Crippen LogP contribution is 2.52. The zero-order chi connectivity index (χ0) is 18.0. The Morgan fingerprint density at radius 3 is 2.32 bits per heavy atom. The van der Waals surface area contributed by atoms with Gasteiger partial charge in [0.2, 0.25) is 0 Å². The molecule has 0 bridgehead atoms. The van der Waals surface area contributed by atoms with E-state index < -0.39 is 0 Å². The molecule has 0 spiro atoms. The van der Waals surface area contributed by atoms with Gasteiger partial charge in [-0.1, -0.05) is 81.0 Å². The average Bonchev–Trinajstić information content (AvgIpc) is 3.17. The summed E-state index contributed by atoms with van der Waals surface area (Å²) in [5.41, 5.74) is 14.0. The van der Waals surface area contributed by atoms with E-state index in [2.05, 4.69) is 88.4 Å². The minimum absolute atomic E-state index is 0.104. The third-order valence-corrected chi connectivity index (χ3v) is 5.89. The van der Waals surface area contributed by atoms with Crippen molar-refractivity contribution in [2.45, 2.75) is 40.5 Å². The summed E-state index contributed by atoms with van der Waals surface area (Å²) in [6.07, 6.45) is 13.5. The lowest BCUT2D eigenvalue weighted by atomic mass is 9.62. The largest absolute Gasteiger partial charge is 0.399 e. The fourth-order valence-corrected chi connectivity index (χ4v) is 4.19. The lowest BCUT2D eigenvalue weighted by Crippen LogP contribution is -2.33. The van der Waals surface area contributed by atoms with Crippen molar-refractivity contribution in [3.8, 4) is 0 Å². The Labute approximate surface area is 152 Å². The van der Waals surface area contributed by atoms with Gasteiger partial charge in [0.15, 0.2) is 0 Å². The van der Waals surface area contributed by atoms with Gasteiger partial charge in [-0.3, -0.25) is 0 Å². The maximum atomic E-state index is 6.48. The summed E-state index contributed by atoms with van der Waals surface area (Å²) in [5, 5.41) is 0. The van der Waals surface area contributed by atoms with Crippen LogP contribution in [0.15, 0.2) is 83.1 Å². The Balaban J connectivity index is 2.29. The standard InChI is InChI=1S/C24H29N/c1-5-11-21(19-12-7-6-8-13-19)22-16-17(2)23(25)18(3)24(22,4)20-14-9-10-15-20/h6-10,12-16,20H,5,11,25H2,1-4H3. The van der Waals surface area contributed by atoms with Crippen molar-refractivity contribution in [3.63, 3.8) is 0 Å². The molecule has 0 saturated carbocycles. The average molecular weight is 332 g/mol. The Kier molecular flexibility index (Phi) is 4.85. The molecule has 3 rings (SSSR count). The summed E-state index contributed by atoms with van der Waals surface area (Å²) in [7, 11) is 0. The molecule has 1 aromatic carbocycles. The van der Waals surface area contributed by atoms with Gasteiger partial charge in [-0.2, -0.15) is 0 Å². The van der Waals surface area contributed by atoms with Crippen LogP contribution in [-0.2, 0) is 0 Å². The number of nitrogens with two attached hydrogens (primary N) is 1. The first kappa shape index (κ1) is 17.5. The van der Waals surface area contributed by atoms with Crippen LogP contribution >= 0.6 is 0 Å². The van der Waals surface area contributed by atoms with Crippen LogP contribution in [0.2, 0.25) is 0 Å². The molecule has 1 unspecified atom stereocenters. The van der Waals surface area contributed by atoms with Crippen LogP contribution in [0, 0.1) is 11.3 Å². The molecule has 1 nitrogen and oxygen atoms in total. The van der Waals surface area contributed by atoms with E-state index in [1.165, 1.54) is 27.9 Å². The monoisotopic (exact) mass is 331 g/mol. The zero-order valence-electron chi connectivity index (χ0n) is 15.8. The first-order valence-corrected chi connectivity index (χ1v) is 9.29. The molecule has 1 atom stereocenters. The van der Waals surface area contributed by atoms with Crippen molar-refractivity contribution in [3.05, 3.63) is 88.7 Å². The van der Waals surface area contributed by atoms with Gasteiger partial charge in [-0.25, -0.2) is 0 Å². The molecule has 0 radical (unpaired) electrons. The van der Waals surface area contributed by atoms with E-state index in [-0.39, 0.29) is 5.41 Å². The predicted molar refractivity (Wildman–Crippen MR) is 109 cm³/mol. The van der Waals surface area contributed by atoms with Crippen LogP contribution < -0.4 is 5.73 Å². The first-order valence-electron chi connectivity index (χ1n) is 9.29. The van der Waals surface area contributed by atoms with Gasteiger partial charge in [-0.05, 0) is 48.1 Å². The van der Waals surface area contributed by atoms with Gasteiger partial charge in [0.1, 0.15) is 0 Å². The Bertz CT molecular complexity index is 790. The van der Waals surface area contributed by atoms with Gasteiger partial charge >= 0.3 is 0 Å². The van der Waals surface area contributed by atoms with E-state index >= 15 is 0 Å². The Hall–Kier alpha value is -2.28. The molecule has 2 aliphatic rings. The predicted octanol–water partition coefficient (Wildman–Crippen LogP) is 6.18. The van der Waals surface area contributed by atoms with Crippen molar-refractivity contribution in [1.29, 1.82) is 0 Å². The molecule has 0 amide bonds. The lowest BCUT2D eigenvalue weighted by molar-refractivity contribution is 0.407. The molecule has 0 heterocycles. The molecule has 2 aliphatic carbocycles. The second kappa shape index (κ2) is 6.92. The topological polar surface area (TPSA) is 26.0 Å². The van der Waals surface area contributed by atoms with Crippen molar-refractivity contribution in [2.75, 3.05) is 0 Å². The summed E-state index contributed by atoms with van der Waals surface area (Å²) in [5.74, 6) is 0.348. The van der Waals surface area contributed by atoms with Crippen molar-refractivity contribution in [2.24, 2.45) is 17.1 Å². The van der Waals surface area contributed by atoms with Gasteiger partial charge in [0.25, 0.3) is 0 Å². The zero-order valence-corrected chi connectivity index (χ0v) is 15.8. The number of allylic oxidation sites excluding steroid dienone is 9. The van der Waals surface area contributed by atoms with Crippen molar-refractivity contribution in [1.82, 2.24) is 0 Å². The quantitative estimate of drug-likeness (QED) is 0.700. The van der Waals surface area contributed by atoms with Crippen LogP contribution in [-0.4, -0.2) is 0 Å². The maximum absolute atomic E-state index is 6.48. The van der Waals surface area contributed by atoms with Gasteiger partial charge < -0.3 is 5.73 Å². The SMILES string of the molecule is CCCC(=C1C=C(C)C(N)=C(C)C1(C)C1C=CC=C1)c1ccccc1. The minimum Gasteiger partial charge on any atom is -0.399 e. The molecule has 0 fully saturated rings. The summed E-state index contributed by atoms with van der Waals surface area (Å²) in [6.45, 7) is 8.96. The maximum Gasteiger partial charge on any atom is 0.0342 e. The summed E-state index contributed by atoms with van der Waals surface area (Å²) in [4.78, 5) is 0. The van der Waals surface area contributed by atoms with E-state index in [0.717, 1.165) is 18.5 Å².